The Morgan fingerprint density at radius 3 is 2.80 bits per heavy atom. The van der Waals surface area contributed by atoms with Crippen LogP contribution in [0.25, 0.3) is 0 Å². The van der Waals surface area contributed by atoms with E-state index in [9.17, 15) is 13.2 Å². The van der Waals surface area contributed by atoms with Crippen molar-refractivity contribution in [3.63, 3.8) is 0 Å². The number of carbonyl (C=O) groups excluding carboxylic acids is 1. The van der Waals surface area contributed by atoms with Crippen LogP contribution in [0.2, 0.25) is 0 Å². The summed E-state index contributed by atoms with van der Waals surface area (Å²) in [5.41, 5.74) is 0.387. The zero-order valence-electron chi connectivity index (χ0n) is 14.5. The number of sulfonamides is 1. The van der Waals surface area contributed by atoms with E-state index < -0.39 is 10.0 Å². The third kappa shape index (κ3) is 2.62. The molecule has 1 spiro atoms. The number of H-pyrrole nitrogens is 1. The van der Waals surface area contributed by atoms with Crippen LogP contribution >= 0.6 is 0 Å². The number of amides is 1. The molecule has 1 aliphatic heterocycles. The van der Waals surface area contributed by atoms with E-state index in [1.54, 1.807) is 13.8 Å². The molecule has 4 rings (SSSR count). The first-order valence-corrected chi connectivity index (χ1v) is 10.4. The van der Waals surface area contributed by atoms with Crippen LogP contribution in [-0.4, -0.2) is 44.1 Å². The van der Waals surface area contributed by atoms with E-state index in [2.05, 4.69) is 15.0 Å². The molecule has 1 saturated heterocycles. The summed E-state index contributed by atoms with van der Waals surface area (Å²) < 4.78 is 32.8. The highest BCUT2D eigenvalue weighted by molar-refractivity contribution is 7.89. The highest BCUT2D eigenvalue weighted by atomic mass is 32.2. The number of nitrogens with one attached hydrogen (secondary N) is 3. The van der Waals surface area contributed by atoms with Crippen molar-refractivity contribution in [2.45, 2.75) is 62.6 Å². The predicted octanol–water partition coefficient (Wildman–Crippen LogP) is 1.39. The molecular weight excluding hydrogens is 342 g/mol. The largest absolute Gasteiger partial charge is 0.377 e. The predicted molar refractivity (Wildman–Crippen MR) is 91.6 cm³/mol. The molecule has 0 aromatic carbocycles. The van der Waals surface area contributed by atoms with Gasteiger partial charge in [0.15, 0.2) is 0 Å². The molecule has 3 N–H and O–H groups in total. The van der Waals surface area contributed by atoms with Gasteiger partial charge in [0.2, 0.25) is 10.0 Å². The van der Waals surface area contributed by atoms with Crippen LogP contribution in [0.5, 0.6) is 0 Å². The van der Waals surface area contributed by atoms with E-state index in [0.717, 1.165) is 25.9 Å². The zero-order chi connectivity index (χ0) is 17.8. The van der Waals surface area contributed by atoms with E-state index >= 15 is 0 Å². The summed E-state index contributed by atoms with van der Waals surface area (Å²) in [6.07, 6.45) is 6.02. The Kier molecular flexibility index (Phi) is 3.97. The Hall–Kier alpha value is -1.38. The Bertz CT molecular complexity index is 782. The molecule has 3 unspecified atom stereocenters. The molecule has 8 heteroatoms. The molecule has 3 aliphatic rings. The number of hydrogen-bond donors (Lipinski definition) is 3. The smallest absolute Gasteiger partial charge is 0.267 e. The molecule has 1 aromatic rings. The second-order valence-electron chi connectivity index (χ2n) is 7.81. The van der Waals surface area contributed by atoms with E-state index in [1.807, 2.05) is 0 Å². The van der Waals surface area contributed by atoms with Crippen LogP contribution in [0.15, 0.2) is 17.2 Å². The van der Waals surface area contributed by atoms with Crippen LogP contribution in [0.1, 0.15) is 50.0 Å². The molecule has 7 nitrogen and oxygen atoms in total. The summed E-state index contributed by atoms with van der Waals surface area (Å²) in [4.78, 5) is 15.5. The lowest BCUT2D eigenvalue weighted by Crippen LogP contribution is -2.71. The molecule has 2 saturated carbocycles. The molecule has 3 atom stereocenters. The quantitative estimate of drug-likeness (QED) is 0.732. The maximum atomic E-state index is 12.6. The number of ether oxygens (including phenoxy) is 1. The van der Waals surface area contributed by atoms with Crippen molar-refractivity contribution in [1.29, 1.82) is 0 Å². The minimum absolute atomic E-state index is 0.0837. The fourth-order valence-electron chi connectivity index (χ4n) is 4.71. The molecule has 0 bridgehead atoms. The van der Waals surface area contributed by atoms with Gasteiger partial charge in [0.25, 0.3) is 5.91 Å². The van der Waals surface area contributed by atoms with E-state index in [4.69, 9.17) is 4.74 Å². The minimum Gasteiger partial charge on any atom is -0.377 e. The Morgan fingerprint density at radius 1 is 1.40 bits per heavy atom. The average molecular weight is 367 g/mol. The monoisotopic (exact) mass is 367 g/mol. The third-order valence-electron chi connectivity index (χ3n) is 5.92. The Balaban J connectivity index is 1.47. The van der Waals surface area contributed by atoms with Gasteiger partial charge in [-0.25, -0.2) is 13.1 Å². The van der Waals surface area contributed by atoms with Crippen LogP contribution in [-0.2, 0) is 14.8 Å². The van der Waals surface area contributed by atoms with Gasteiger partial charge in [-0.15, -0.1) is 0 Å². The summed E-state index contributed by atoms with van der Waals surface area (Å²) in [6, 6.07) is 1.33. The van der Waals surface area contributed by atoms with E-state index in [1.165, 1.54) is 18.7 Å². The van der Waals surface area contributed by atoms with Crippen molar-refractivity contribution in [3.8, 4) is 0 Å². The summed E-state index contributed by atoms with van der Waals surface area (Å²) in [5.74, 6) is 0.151. The van der Waals surface area contributed by atoms with Crippen LogP contribution < -0.4 is 10.0 Å². The number of carbonyl (C=O) groups is 1. The first-order chi connectivity index (χ1) is 11.8. The lowest BCUT2D eigenvalue weighted by Gasteiger charge is -2.63. The SMILES string of the molecule is CC(C)NS(=O)(=O)c1c[nH]c(C(=O)NC2C3CCOC3C23CCC3)c1. The van der Waals surface area contributed by atoms with Crippen molar-refractivity contribution in [2.24, 2.45) is 11.3 Å². The first-order valence-electron chi connectivity index (χ1n) is 8.97. The molecule has 1 amide bonds. The molecule has 3 fully saturated rings. The van der Waals surface area contributed by atoms with Gasteiger partial charge in [-0.3, -0.25) is 4.79 Å². The maximum Gasteiger partial charge on any atom is 0.267 e. The van der Waals surface area contributed by atoms with Crippen molar-refractivity contribution >= 4 is 15.9 Å². The molecule has 1 aromatic heterocycles. The standard InChI is InChI=1S/C17H25N3O4S/c1-10(2)20-25(22,23)11-8-13(18-9-11)16(21)19-14-12-4-7-24-15(12)17(14)5-3-6-17/h8-10,12,14-15,18,20H,3-7H2,1-2H3,(H,19,21). The molecule has 138 valence electrons. The fourth-order valence-corrected chi connectivity index (χ4v) is 5.96. The van der Waals surface area contributed by atoms with Crippen molar-refractivity contribution in [1.82, 2.24) is 15.0 Å². The fraction of sp³-hybridized carbons (Fsp3) is 0.706. The van der Waals surface area contributed by atoms with Crippen LogP contribution in [0.4, 0.5) is 0 Å². The summed E-state index contributed by atoms with van der Waals surface area (Å²) in [5, 5.41) is 3.14. The maximum absolute atomic E-state index is 12.6. The van der Waals surface area contributed by atoms with Crippen LogP contribution in [0.3, 0.4) is 0 Å². The molecule has 25 heavy (non-hydrogen) atoms. The van der Waals surface area contributed by atoms with Gasteiger partial charge in [0.1, 0.15) is 10.6 Å². The van der Waals surface area contributed by atoms with Gasteiger partial charge in [0.05, 0.1) is 6.10 Å². The third-order valence-corrected chi connectivity index (χ3v) is 7.56. The minimum atomic E-state index is -3.60. The lowest BCUT2D eigenvalue weighted by atomic mass is 9.46. The summed E-state index contributed by atoms with van der Waals surface area (Å²) in [7, 11) is -3.60. The Labute approximate surface area is 148 Å². The van der Waals surface area contributed by atoms with Crippen LogP contribution in [0, 0.1) is 11.3 Å². The number of rotatable bonds is 5. The van der Waals surface area contributed by atoms with Crippen molar-refractivity contribution < 1.29 is 17.9 Å². The van der Waals surface area contributed by atoms with Crippen molar-refractivity contribution in [2.75, 3.05) is 6.61 Å². The highest BCUT2D eigenvalue weighted by Crippen LogP contribution is 2.62. The Morgan fingerprint density at radius 2 is 2.16 bits per heavy atom. The van der Waals surface area contributed by atoms with Crippen molar-refractivity contribution in [3.05, 3.63) is 18.0 Å². The van der Waals surface area contributed by atoms with Gasteiger partial charge in [-0.2, -0.15) is 0 Å². The lowest BCUT2D eigenvalue weighted by molar-refractivity contribution is -0.172. The van der Waals surface area contributed by atoms with Gasteiger partial charge >= 0.3 is 0 Å². The molecule has 2 aliphatic carbocycles. The van der Waals surface area contributed by atoms with E-state index in [0.29, 0.717) is 12.0 Å². The normalized spacial score (nSPS) is 30.0. The van der Waals surface area contributed by atoms with Gasteiger partial charge < -0.3 is 15.0 Å². The molecular formula is C17H25N3O4S. The summed E-state index contributed by atoms with van der Waals surface area (Å²) in [6.45, 7) is 4.29. The van der Waals surface area contributed by atoms with Gasteiger partial charge in [-0.05, 0) is 39.2 Å². The van der Waals surface area contributed by atoms with Gasteiger partial charge in [0, 0.05) is 36.2 Å². The first kappa shape index (κ1) is 17.1. The number of aromatic nitrogens is 1. The highest BCUT2D eigenvalue weighted by Gasteiger charge is 2.66. The second-order valence-corrected chi connectivity index (χ2v) is 9.52. The number of hydrogen-bond acceptors (Lipinski definition) is 4. The average Bonchev–Trinajstić information content (AvgIpc) is 3.10. The van der Waals surface area contributed by atoms with Gasteiger partial charge in [-0.1, -0.05) is 6.42 Å². The van der Waals surface area contributed by atoms with E-state index in [-0.39, 0.29) is 34.0 Å². The molecule has 2 heterocycles. The second kappa shape index (κ2) is 5.82. The zero-order valence-corrected chi connectivity index (χ0v) is 15.4. The number of fused-ring (bicyclic) bond motifs is 2. The number of aromatic amines is 1. The molecule has 0 radical (unpaired) electrons. The topological polar surface area (TPSA) is 100 Å². The summed E-state index contributed by atoms with van der Waals surface area (Å²) >= 11 is 0.